The number of likely N-dealkylation sites (tertiary alicyclic amines) is 1. The number of carbonyl (C=O) groups is 2. The molecule has 27 heteroatoms. The number of hydrogen-bond donors (Lipinski definition) is 2. The maximum absolute atomic E-state index is 14.0. The molecule has 0 radical (unpaired) electrons. The van der Waals surface area contributed by atoms with Crippen molar-refractivity contribution < 1.29 is 97.1 Å². The molecule has 3 aromatic rings. The average Bonchev–Trinajstić information content (AvgIpc) is 2.91. The fourth-order valence-electron chi connectivity index (χ4n) is 8.53. The van der Waals surface area contributed by atoms with Gasteiger partial charge in [0.2, 0.25) is 17.4 Å². The van der Waals surface area contributed by atoms with Crippen molar-refractivity contribution in [1.82, 2.24) is 14.9 Å². The van der Waals surface area contributed by atoms with Crippen LogP contribution in [0, 0.1) is 23.3 Å². The summed E-state index contributed by atoms with van der Waals surface area (Å²) >= 11 is 0. The van der Waals surface area contributed by atoms with Gasteiger partial charge >= 0.3 is 16.1 Å². The summed E-state index contributed by atoms with van der Waals surface area (Å²) in [5.74, 6) is -12.1. The van der Waals surface area contributed by atoms with Crippen molar-refractivity contribution >= 4 is 39.6 Å². The van der Waals surface area contributed by atoms with Crippen LogP contribution in [0.25, 0.3) is 17.2 Å². The van der Waals surface area contributed by atoms with Crippen LogP contribution >= 0.6 is 0 Å². The van der Waals surface area contributed by atoms with Crippen molar-refractivity contribution in [3.63, 3.8) is 0 Å². The molecule has 474 valence electrons. The normalized spacial score (nSPS) is 14.4. The van der Waals surface area contributed by atoms with Crippen LogP contribution in [0.5, 0.6) is 5.75 Å². The molecule has 1 saturated heterocycles. The van der Waals surface area contributed by atoms with E-state index in [9.17, 15) is 35.6 Å². The second kappa shape index (κ2) is 38.6. The highest BCUT2D eigenvalue weighted by atomic mass is 32.2. The Morgan fingerprint density at radius 3 is 1.62 bits per heavy atom. The highest BCUT2D eigenvalue weighted by molar-refractivity contribution is 7.85. The van der Waals surface area contributed by atoms with Gasteiger partial charge in [-0.2, -0.15) is 17.2 Å². The highest BCUT2D eigenvalue weighted by Crippen LogP contribution is 2.35. The molecule has 1 atom stereocenters. The molecule has 1 amide bonds. The number of allylic oxidation sites excluding steroid dienone is 1. The zero-order chi connectivity index (χ0) is 61.4. The first-order chi connectivity index (χ1) is 41.0. The Labute approximate surface area is 494 Å². The summed E-state index contributed by atoms with van der Waals surface area (Å²) < 4.78 is 146. The van der Waals surface area contributed by atoms with Gasteiger partial charge < -0.3 is 62.7 Å². The number of hydroxylamine groups is 2. The van der Waals surface area contributed by atoms with Gasteiger partial charge in [0.25, 0.3) is 5.91 Å². The number of aliphatic imine (C=N–C) groups is 1. The monoisotopic (exact) mass is 1230 g/mol. The van der Waals surface area contributed by atoms with E-state index in [0.29, 0.717) is 137 Å². The molecular formula is C58H81F4N5O17S. The number of amidine groups is 1. The molecular weight excluding hydrogens is 1150 g/mol. The summed E-state index contributed by atoms with van der Waals surface area (Å²) in [6.07, 6.45) is 3.79. The molecule has 5 rings (SSSR count). The number of fused-ring (bicyclic) bond motifs is 1. The van der Waals surface area contributed by atoms with Crippen molar-refractivity contribution in [3.05, 3.63) is 94.7 Å². The minimum Gasteiger partial charge on any atom is -0.420 e. The van der Waals surface area contributed by atoms with Gasteiger partial charge in [-0.3, -0.25) is 28.9 Å². The van der Waals surface area contributed by atoms with E-state index in [2.05, 4.69) is 42.3 Å². The van der Waals surface area contributed by atoms with Gasteiger partial charge in [0.05, 0.1) is 157 Å². The zero-order valence-electron chi connectivity index (χ0n) is 48.7. The van der Waals surface area contributed by atoms with E-state index in [4.69, 9.17) is 67.5 Å². The standard InChI is InChI=1S/C58H81F4N5O17S/c1-5-15-67(83-6-2)42(3)47-38-46-12-11-45(39-49(46)64-50(63)40-47)43-7-9-44(10-8-43)58(69)66-16-13-48(41-66)65(4)17-19-74-21-23-76-25-27-78-29-31-80-33-35-82-37-36-81-34-32-79-30-28-77-26-24-75-22-20-73-18-14-51(68)84-56-52(59)54(61)57(85(70,71)72)55(62)53(56)60/h7-12,38-39,48H,3,5-6,13-37,40-41H2,1-2,4H3,(H2,63,64)(H,70,71,72). The summed E-state index contributed by atoms with van der Waals surface area (Å²) in [6.45, 7) is 18.3. The van der Waals surface area contributed by atoms with Crippen molar-refractivity contribution in [2.45, 2.75) is 50.5 Å². The van der Waals surface area contributed by atoms with Crippen molar-refractivity contribution in [2.24, 2.45) is 10.7 Å². The van der Waals surface area contributed by atoms with Gasteiger partial charge in [0.1, 0.15) is 5.84 Å². The topological polar surface area (TPSA) is 247 Å². The lowest BCUT2D eigenvalue weighted by Gasteiger charge is -2.26. The SMILES string of the molecule is C=C(C1=Cc2ccc(-c3ccc(C(=O)N4CCC(N(C)CCOCCOCCOCCOCCOCCOCCOCCOCCOCCOCCC(=O)Oc5c(F)c(F)c(S(=O)(=O)O)c(F)c5F)C4)cc3)cc2N=C(N)C1)N(CCC)OCC. The summed E-state index contributed by atoms with van der Waals surface area (Å²) in [6, 6.07) is 14.1. The van der Waals surface area contributed by atoms with Crippen molar-refractivity contribution in [1.29, 1.82) is 0 Å². The van der Waals surface area contributed by atoms with E-state index in [1.807, 2.05) is 53.3 Å². The number of carbonyl (C=O) groups excluding carboxylic acids is 2. The molecule has 22 nitrogen and oxygen atoms in total. The van der Waals surface area contributed by atoms with Crippen LogP contribution in [0.2, 0.25) is 0 Å². The number of halogens is 4. The van der Waals surface area contributed by atoms with Crippen molar-refractivity contribution in [3.8, 4) is 16.9 Å². The van der Waals surface area contributed by atoms with Gasteiger partial charge in [-0.1, -0.05) is 37.8 Å². The van der Waals surface area contributed by atoms with Crippen LogP contribution in [0.15, 0.2) is 70.2 Å². The van der Waals surface area contributed by atoms with Crippen LogP contribution in [0.4, 0.5) is 23.2 Å². The molecule has 0 saturated carbocycles. The molecule has 0 bridgehead atoms. The van der Waals surface area contributed by atoms with E-state index in [1.165, 1.54) is 0 Å². The molecule has 0 spiro atoms. The van der Waals surface area contributed by atoms with Crippen LogP contribution in [-0.4, -0.2) is 224 Å². The second-order valence-corrected chi connectivity index (χ2v) is 20.5. The average molecular weight is 1230 g/mol. The lowest BCUT2D eigenvalue weighted by molar-refractivity contribution is -0.136. The van der Waals surface area contributed by atoms with Gasteiger partial charge in [-0.25, -0.2) is 13.8 Å². The molecule has 3 aromatic carbocycles. The third-order valence-electron chi connectivity index (χ3n) is 13.0. The number of nitrogens with zero attached hydrogens (tertiary/aromatic N) is 4. The van der Waals surface area contributed by atoms with Crippen LogP contribution < -0.4 is 10.5 Å². The largest absolute Gasteiger partial charge is 0.420 e. The fraction of sp³-hybridized carbons (Fsp3) is 0.569. The first-order valence-corrected chi connectivity index (χ1v) is 29.7. The quantitative estimate of drug-likeness (QED) is 0.0118. The number of esters is 1. The smallest absolute Gasteiger partial charge is 0.313 e. The minimum absolute atomic E-state index is 0.0212. The van der Waals surface area contributed by atoms with E-state index in [0.717, 1.165) is 59.6 Å². The third-order valence-corrected chi connectivity index (χ3v) is 13.8. The maximum atomic E-state index is 14.0. The van der Waals surface area contributed by atoms with Gasteiger partial charge in [-0.15, -0.1) is 0 Å². The second-order valence-electron chi connectivity index (χ2n) is 19.2. The number of nitrogens with two attached hydrogens (primary N) is 1. The van der Waals surface area contributed by atoms with Crippen LogP contribution in [-0.2, 0) is 67.1 Å². The number of benzene rings is 3. The number of rotatable bonds is 44. The number of amides is 1. The Morgan fingerprint density at radius 2 is 1.15 bits per heavy atom. The Morgan fingerprint density at radius 1 is 0.682 bits per heavy atom. The molecule has 3 N–H and O–H groups in total. The van der Waals surface area contributed by atoms with Gasteiger partial charge in [0, 0.05) is 49.8 Å². The fourth-order valence-corrected chi connectivity index (χ4v) is 9.16. The Kier molecular flexibility index (Phi) is 31.9. The summed E-state index contributed by atoms with van der Waals surface area (Å²) in [7, 11) is -3.58. The van der Waals surface area contributed by atoms with Gasteiger partial charge in [0.15, 0.2) is 16.5 Å². The first-order valence-electron chi connectivity index (χ1n) is 28.2. The third kappa shape index (κ3) is 24.3. The lowest BCUT2D eigenvalue weighted by Crippen LogP contribution is -2.38. The predicted octanol–water partition coefficient (Wildman–Crippen LogP) is 6.42. The van der Waals surface area contributed by atoms with E-state index >= 15 is 0 Å². The molecule has 2 heterocycles. The molecule has 2 aliphatic rings. The minimum atomic E-state index is -5.65. The molecule has 0 aromatic heterocycles. The van der Waals surface area contributed by atoms with E-state index < -0.39 is 56.4 Å². The van der Waals surface area contributed by atoms with Crippen molar-refractivity contribution in [2.75, 3.05) is 172 Å². The molecule has 1 fully saturated rings. The van der Waals surface area contributed by atoms with Gasteiger partial charge in [-0.05, 0) is 67.8 Å². The Balaban J connectivity index is 0.756. The maximum Gasteiger partial charge on any atom is 0.313 e. The molecule has 2 aliphatic heterocycles. The molecule has 85 heavy (non-hydrogen) atoms. The number of hydrogen-bond acceptors (Lipinski definition) is 20. The van der Waals surface area contributed by atoms with E-state index in [-0.39, 0.29) is 45.0 Å². The number of ether oxygens (including phenoxy) is 11. The Hall–Kier alpha value is -5.50. The van der Waals surface area contributed by atoms with Crippen LogP contribution in [0.1, 0.15) is 55.5 Å². The molecule has 0 aliphatic carbocycles. The predicted molar refractivity (Wildman–Crippen MR) is 305 cm³/mol. The first kappa shape index (κ1) is 70.3. The summed E-state index contributed by atoms with van der Waals surface area (Å²) in [5.41, 5.74) is 12.5. The van der Waals surface area contributed by atoms with E-state index in [1.54, 1.807) is 0 Å². The molecule has 1 unspecified atom stereocenters. The zero-order valence-corrected chi connectivity index (χ0v) is 49.5. The Bertz CT molecular complexity index is 2690. The lowest BCUT2D eigenvalue weighted by atomic mass is 9.99. The number of likely N-dealkylation sites (N-methyl/N-ethyl adjacent to an activating group) is 1. The summed E-state index contributed by atoms with van der Waals surface area (Å²) in [5, 5.41) is 1.83. The highest BCUT2D eigenvalue weighted by Gasteiger charge is 2.34. The van der Waals surface area contributed by atoms with Crippen LogP contribution in [0.3, 0.4) is 0 Å². The summed E-state index contributed by atoms with van der Waals surface area (Å²) in [4.78, 5) is 37.9.